The Bertz CT molecular complexity index is 483. The molecule has 1 aromatic rings. The average Bonchev–Trinajstić information content (AvgIpc) is 2.42. The van der Waals surface area contributed by atoms with Gasteiger partial charge < -0.3 is 14.8 Å². The molecule has 1 N–H and O–H groups in total. The fraction of sp³-hybridized carbons (Fsp3) is 0.562. The first-order valence-corrected chi connectivity index (χ1v) is 7.35. The van der Waals surface area contributed by atoms with E-state index in [-0.39, 0.29) is 16.7 Å². The van der Waals surface area contributed by atoms with Gasteiger partial charge in [-0.15, -0.1) is 11.6 Å². The van der Waals surface area contributed by atoms with Gasteiger partial charge >= 0.3 is 0 Å². The summed E-state index contributed by atoms with van der Waals surface area (Å²) in [6.07, 6.45) is 0.823. The van der Waals surface area contributed by atoms with Crippen LogP contribution in [0.1, 0.15) is 37.6 Å². The van der Waals surface area contributed by atoms with Crippen molar-refractivity contribution in [2.75, 3.05) is 20.8 Å². The van der Waals surface area contributed by atoms with E-state index in [1.807, 2.05) is 0 Å². The van der Waals surface area contributed by atoms with Crippen LogP contribution in [0.2, 0.25) is 0 Å². The third kappa shape index (κ3) is 5.84. The molecule has 1 amide bonds. The second-order valence-electron chi connectivity index (χ2n) is 6.14. The van der Waals surface area contributed by atoms with Crippen molar-refractivity contribution in [1.82, 2.24) is 5.32 Å². The van der Waals surface area contributed by atoms with Crippen molar-refractivity contribution in [2.24, 2.45) is 5.41 Å². The van der Waals surface area contributed by atoms with Crippen molar-refractivity contribution in [3.05, 3.63) is 23.8 Å². The molecule has 0 spiro atoms. The van der Waals surface area contributed by atoms with E-state index in [0.717, 1.165) is 6.42 Å². The van der Waals surface area contributed by atoms with Crippen LogP contribution in [0.25, 0.3) is 0 Å². The number of carbonyl (C=O) groups is 1. The van der Waals surface area contributed by atoms with Crippen molar-refractivity contribution in [3.8, 4) is 11.5 Å². The van der Waals surface area contributed by atoms with Crippen molar-refractivity contribution in [1.29, 1.82) is 0 Å². The van der Waals surface area contributed by atoms with Gasteiger partial charge in [-0.3, -0.25) is 4.79 Å². The van der Waals surface area contributed by atoms with Gasteiger partial charge in [-0.25, -0.2) is 0 Å². The SMILES string of the molecule is COc1ccc(OC)c(C(=O)NCC(Cl)CC(C)(C)C)c1. The summed E-state index contributed by atoms with van der Waals surface area (Å²) in [7, 11) is 3.09. The number of alkyl halides is 1. The average molecular weight is 314 g/mol. The van der Waals surface area contributed by atoms with Gasteiger partial charge in [0, 0.05) is 6.54 Å². The zero-order valence-corrected chi connectivity index (χ0v) is 14.1. The highest BCUT2D eigenvalue weighted by atomic mass is 35.5. The lowest BCUT2D eigenvalue weighted by Gasteiger charge is -2.22. The Morgan fingerprint density at radius 1 is 1.29 bits per heavy atom. The van der Waals surface area contributed by atoms with Crippen LogP contribution in [-0.2, 0) is 0 Å². The smallest absolute Gasteiger partial charge is 0.255 e. The number of amides is 1. The summed E-state index contributed by atoms with van der Waals surface area (Å²) in [5.41, 5.74) is 0.571. The molecule has 0 aliphatic heterocycles. The zero-order valence-electron chi connectivity index (χ0n) is 13.3. The van der Waals surface area contributed by atoms with Gasteiger partial charge in [0.1, 0.15) is 11.5 Å². The van der Waals surface area contributed by atoms with Gasteiger partial charge in [0.2, 0.25) is 0 Å². The summed E-state index contributed by atoms with van der Waals surface area (Å²) < 4.78 is 10.3. The van der Waals surface area contributed by atoms with Gasteiger partial charge in [0.25, 0.3) is 5.91 Å². The van der Waals surface area contributed by atoms with Crippen LogP contribution < -0.4 is 14.8 Å². The fourth-order valence-electron chi connectivity index (χ4n) is 2.03. The van der Waals surface area contributed by atoms with Crippen molar-refractivity contribution < 1.29 is 14.3 Å². The third-order valence-corrected chi connectivity index (χ3v) is 3.28. The minimum atomic E-state index is -0.217. The predicted octanol–water partition coefficient (Wildman–Crippen LogP) is 3.48. The van der Waals surface area contributed by atoms with Gasteiger partial charge in [0.05, 0.1) is 25.2 Å². The molecule has 21 heavy (non-hydrogen) atoms. The molecule has 0 fully saturated rings. The molecular weight excluding hydrogens is 290 g/mol. The lowest BCUT2D eigenvalue weighted by molar-refractivity contribution is 0.0948. The molecule has 0 saturated heterocycles. The highest BCUT2D eigenvalue weighted by Crippen LogP contribution is 2.25. The van der Waals surface area contributed by atoms with Gasteiger partial charge in [-0.1, -0.05) is 20.8 Å². The molecule has 0 aliphatic rings. The summed E-state index contributed by atoms with van der Waals surface area (Å²) in [5.74, 6) is 0.901. The summed E-state index contributed by atoms with van der Waals surface area (Å²) in [4.78, 5) is 12.3. The monoisotopic (exact) mass is 313 g/mol. The maximum absolute atomic E-state index is 12.3. The molecule has 0 heterocycles. The summed E-state index contributed by atoms with van der Waals surface area (Å²) in [6, 6.07) is 5.11. The number of carbonyl (C=O) groups excluding carboxylic acids is 1. The second-order valence-corrected chi connectivity index (χ2v) is 6.76. The minimum Gasteiger partial charge on any atom is -0.497 e. The molecule has 1 rings (SSSR count). The van der Waals surface area contributed by atoms with Crippen molar-refractivity contribution in [2.45, 2.75) is 32.6 Å². The molecule has 0 aromatic heterocycles. The number of nitrogens with one attached hydrogen (secondary N) is 1. The molecule has 5 heteroatoms. The first kappa shape index (κ1) is 17.6. The van der Waals surface area contributed by atoms with E-state index in [9.17, 15) is 4.79 Å². The van der Waals surface area contributed by atoms with Crippen LogP contribution in [0.3, 0.4) is 0 Å². The largest absolute Gasteiger partial charge is 0.497 e. The Balaban J connectivity index is 2.71. The summed E-state index contributed by atoms with van der Waals surface area (Å²) in [6.45, 7) is 6.78. The van der Waals surface area contributed by atoms with E-state index in [4.69, 9.17) is 21.1 Å². The maximum atomic E-state index is 12.3. The molecule has 0 bridgehead atoms. The molecule has 118 valence electrons. The number of halogens is 1. The highest BCUT2D eigenvalue weighted by Gasteiger charge is 2.19. The van der Waals surface area contributed by atoms with Crippen molar-refractivity contribution in [3.63, 3.8) is 0 Å². The number of hydrogen-bond acceptors (Lipinski definition) is 3. The van der Waals surface area contributed by atoms with Crippen LogP contribution >= 0.6 is 11.6 Å². The molecule has 1 unspecified atom stereocenters. The summed E-state index contributed by atoms with van der Waals surface area (Å²) >= 11 is 6.26. The van der Waals surface area contributed by atoms with Gasteiger partial charge in [-0.05, 0) is 30.0 Å². The Morgan fingerprint density at radius 3 is 2.48 bits per heavy atom. The standard InChI is InChI=1S/C16H24ClNO3/c1-16(2,3)9-11(17)10-18-15(19)13-8-12(20-4)6-7-14(13)21-5/h6-8,11H,9-10H2,1-5H3,(H,18,19). The Morgan fingerprint density at radius 2 is 1.95 bits per heavy atom. The van der Waals surface area contributed by atoms with Crippen LogP contribution in [0.5, 0.6) is 11.5 Å². The highest BCUT2D eigenvalue weighted by molar-refractivity contribution is 6.21. The quantitative estimate of drug-likeness (QED) is 0.818. The molecule has 0 radical (unpaired) electrons. The van der Waals surface area contributed by atoms with E-state index in [1.165, 1.54) is 7.11 Å². The number of rotatable bonds is 6. The number of benzene rings is 1. The molecule has 0 aliphatic carbocycles. The molecule has 4 nitrogen and oxygen atoms in total. The van der Waals surface area contributed by atoms with Crippen LogP contribution in [0, 0.1) is 5.41 Å². The lowest BCUT2D eigenvalue weighted by atomic mass is 9.90. The minimum absolute atomic E-state index is 0.106. The third-order valence-electron chi connectivity index (χ3n) is 2.97. The number of methoxy groups -OCH3 is 2. The van der Waals surface area contributed by atoms with E-state index >= 15 is 0 Å². The molecule has 0 saturated carbocycles. The van der Waals surface area contributed by atoms with E-state index in [2.05, 4.69) is 26.1 Å². The van der Waals surface area contributed by atoms with E-state index in [0.29, 0.717) is 23.6 Å². The van der Waals surface area contributed by atoms with Crippen LogP contribution in [-0.4, -0.2) is 32.0 Å². The first-order chi connectivity index (χ1) is 9.76. The second kappa shape index (κ2) is 7.55. The molecule has 1 aromatic carbocycles. The molecular formula is C16H24ClNO3. The Labute approximate surface area is 131 Å². The number of hydrogen-bond donors (Lipinski definition) is 1. The molecule has 1 atom stereocenters. The van der Waals surface area contributed by atoms with E-state index < -0.39 is 0 Å². The lowest BCUT2D eigenvalue weighted by Crippen LogP contribution is -2.31. The fourth-order valence-corrected chi connectivity index (χ4v) is 2.57. The van der Waals surface area contributed by atoms with Gasteiger partial charge in [-0.2, -0.15) is 0 Å². The zero-order chi connectivity index (χ0) is 16.0. The summed E-state index contributed by atoms with van der Waals surface area (Å²) in [5, 5.41) is 2.73. The first-order valence-electron chi connectivity index (χ1n) is 6.91. The van der Waals surface area contributed by atoms with Gasteiger partial charge in [0.15, 0.2) is 0 Å². The number of ether oxygens (including phenoxy) is 2. The topological polar surface area (TPSA) is 47.6 Å². The van der Waals surface area contributed by atoms with Crippen LogP contribution in [0.15, 0.2) is 18.2 Å². The predicted molar refractivity (Wildman–Crippen MR) is 85.6 cm³/mol. The van der Waals surface area contributed by atoms with Crippen molar-refractivity contribution >= 4 is 17.5 Å². The Kier molecular flexibility index (Phi) is 6.34. The van der Waals surface area contributed by atoms with Crippen LogP contribution in [0.4, 0.5) is 0 Å². The normalized spacial score (nSPS) is 12.7. The Hall–Kier alpha value is -1.42. The maximum Gasteiger partial charge on any atom is 0.255 e. The van der Waals surface area contributed by atoms with E-state index in [1.54, 1.807) is 25.3 Å².